The van der Waals surface area contributed by atoms with Gasteiger partial charge in [0.2, 0.25) is 5.88 Å². The molecule has 0 saturated heterocycles. The van der Waals surface area contributed by atoms with Crippen LogP contribution in [0.2, 0.25) is 0 Å². The summed E-state index contributed by atoms with van der Waals surface area (Å²) < 4.78 is 19.0. The lowest BCUT2D eigenvalue weighted by molar-refractivity contribution is 0.0240. The summed E-state index contributed by atoms with van der Waals surface area (Å²) in [7, 11) is 1.64. The molecule has 0 amide bonds. The Labute approximate surface area is 207 Å². The molecule has 184 valence electrons. The fraction of sp³-hybridized carbons (Fsp3) is 0.393. The molecule has 1 N–H and O–H groups in total. The first-order chi connectivity index (χ1) is 17.1. The number of nitrogens with zero attached hydrogens (tertiary/aromatic N) is 3. The molecular formula is C28H33N3O4. The van der Waals surface area contributed by atoms with Crippen molar-refractivity contribution in [3.63, 3.8) is 0 Å². The maximum absolute atomic E-state index is 10.6. The fourth-order valence-corrected chi connectivity index (χ4v) is 4.09. The standard InChI is InChI=1S/C28H33N3O4/c1-4-17-34-20-23(32)18-30(21-11-12-21)19-26-27(5-2)29-31(22-9-7-6-8-10-22)28(26)35-25-15-13-24(33-3)14-16-25/h1,6-10,13-16,21,23,32H,5,11-12,17-20H2,2-3H3/t23-/m0/s1. The Morgan fingerprint density at radius 2 is 1.86 bits per heavy atom. The number of aromatic nitrogens is 2. The van der Waals surface area contributed by atoms with Gasteiger partial charge in [-0.2, -0.15) is 5.10 Å². The highest BCUT2D eigenvalue weighted by Crippen LogP contribution is 2.35. The molecule has 0 radical (unpaired) electrons. The molecule has 1 aliphatic carbocycles. The van der Waals surface area contributed by atoms with Crippen LogP contribution >= 0.6 is 0 Å². The van der Waals surface area contributed by atoms with Gasteiger partial charge in [0.1, 0.15) is 18.1 Å². The molecule has 35 heavy (non-hydrogen) atoms. The largest absolute Gasteiger partial charge is 0.497 e. The molecular weight excluding hydrogens is 442 g/mol. The molecule has 7 heteroatoms. The van der Waals surface area contributed by atoms with E-state index in [1.807, 2.05) is 59.3 Å². The van der Waals surface area contributed by atoms with Gasteiger partial charge in [0.05, 0.1) is 36.8 Å². The zero-order chi connectivity index (χ0) is 24.6. The Morgan fingerprint density at radius 3 is 2.49 bits per heavy atom. The highest BCUT2D eigenvalue weighted by Gasteiger charge is 2.33. The van der Waals surface area contributed by atoms with Crippen molar-refractivity contribution in [2.75, 3.05) is 26.9 Å². The lowest BCUT2D eigenvalue weighted by Gasteiger charge is -2.25. The van der Waals surface area contributed by atoms with E-state index < -0.39 is 6.10 Å². The van der Waals surface area contributed by atoms with Crippen molar-refractivity contribution < 1.29 is 19.3 Å². The smallest absolute Gasteiger partial charge is 0.227 e. The molecule has 4 rings (SSSR count). The summed E-state index contributed by atoms with van der Waals surface area (Å²) in [6.45, 7) is 3.63. The molecule has 0 aliphatic heterocycles. The third-order valence-corrected chi connectivity index (χ3v) is 5.99. The van der Waals surface area contributed by atoms with E-state index in [9.17, 15) is 5.11 Å². The Morgan fingerprint density at radius 1 is 1.14 bits per heavy atom. The Kier molecular flexibility index (Phi) is 8.43. The van der Waals surface area contributed by atoms with Gasteiger partial charge in [-0.15, -0.1) is 6.42 Å². The van der Waals surface area contributed by atoms with Crippen LogP contribution in [-0.2, 0) is 17.7 Å². The van der Waals surface area contributed by atoms with E-state index >= 15 is 0 Å². The fourth-order valence-electron chi connectivity index (χ4n) is 4.09. The van der Waals surface area contributed by atoms with Crippen LogP contribution in [0.3, 0.4) is 0 Å². The van der Waals surface area contributed by atoms with Gasteiger partial charge in [0.25, 0.3) is 0 Å². The van der Waals surface area contributed by atoms with Crippen molar-refractivity contribution >= 4 is 0 Å². The number of para-hydroxylation sites is 1. The lowest BCUT2D eigenvalue weighted by Crippen LogP contribution is -2.36. The van der Waals surface area contributed by atoms with E-state index in [0.29, 0.717) is 30.8 Å². The Balaban J connectivity index is 1.66. The molecule has 1 saturated carbocycles. The molecule has 2 aromatic carbocycles. The summed E-state index contributed by atoms with van der Waals surface area (Å²) in [5, 5.41) is 15.5. The summed E-state index contributed by atoms with van der Waals surface area (Å²) in [6.07, 6.45) is 7.62. The topological polar surface area (TPSA) is 69.0 Å². The molecule has 0 unspecified atom stereocenters. The Bertz CT molecular complexity index is 1120. The molecule has 1 aromatic heterocycles. The molecule has 1 heterocycles. The second-order valence-corrected chi connectivity index (χ2v) is 8.64. The molecule has 7 nitrogen and oxygen atoms in total. The van der Waals surface area contributed by atoms with E-state index in [1.54, 1.807) is 7.11 Å². The van der Waals surface area contributed by atoms with Gasteiger partial charge in [0.15, 0.2) is 0 Å². The molecule has 1 fully saturated rings. The Hall–Kier alpha value is -3.31. The summed E-state index contributed by atoms with van der Waals surface area (Å²) in [6, 6.07) is 18.0. The number of terminal acetylenes is 1. The number of aryl methyl sites for hydroxylation is 1. The lowest BCUT2D eigenvalue weighted by atomic mass is 10.1. The minimum Gasteiger partial charge on any atom is -0.497 e. The number of hydrogen-bond acceptors (Lipinski definition) is 6. The zero-order valence-electron chi connectivity index (χ0n) is 20.4. The number of aliphatic hydroxyl groups excluding tert-OH is 1. The minimum absolute atomic E-state index is 0.199. The van der Waals surface area contributed by atoms with Gasteiger partial charge >= 0.3 is 0 Å². The number of hydrogen-bond donors (Lipinski definition) is 1. The average Bonchev–Trinajstić information content (AvgIpc) is 3.68. The van der Waals surface area contributed by atoms with E-state index in [2.05, 4.69) is 17.7 Å². The third-order valence-electron chi connectivity index (χ3n) is 5.99. The molecule has 1 aliphatic rings. The summed E-state index contributed by atoms with van der Waals surface area (Å²) >= 11 is 0. The van der Waals surface area contributed by atoms with E-state index in [-0.39, 0.29) is 13.2 Å². The van der Waals surface area contributed by atoms with Crippen LogP contribution in [0, 0.1) is 12.3 Å². The van der Waals surface area contributed by atoms with Gasteiger partial charge in [-0.1, -0.05) is 31.0 Å². The predicted octanol–water partition coefficient (Wildman–Crippen LogP) is 4.21. The maximum atomic E-state index is 10.6. The number of ether oxygens (including phenoxy) is 3. The van der Waals surface area contributed by atoms with Crippen molar-refractivity contribution in [2.24, 2.45) is 0 Å². The van der Waals surface area contributed by atoms with Gasteiger partial charge in [0, 0.05) is 19.1 Å². The highest BCUT2D eigenvalue weighted by atomic mass is 16.5. The second-order valence-electron chi connectivity index (χ2n) is 8.64. The molecule has 0 bridgehead atoms. The first-order valence-corrected chi connectivity index (χ1v) is 12.0. The molecule has 0 spiro atoms. The van der Waals surface area contributed by atoms with Gasteiger partial charge < -0.3 is 19.3 Å². The van der Waals surface area contributed by atoms with Crippen LogP contribution in [0.4, 0.5) is 0 Å². The van der Waals surface area contributed by atoms with Crippen LogP contribution < -0.4 is 9.47 Å². The summed E-state index contributed by atoms with van der Waals surface area (Å²) in [4.78, 5) is 2.30. The number of aliphatic hydroxyl groups is 1. The van der Waals surface area contributed by atoms with Crippen molar-refractivity contribution in [3.05, 3.63) is 65.9 Å². The van der Waals surface area contributed by atoms with Gasteiger partial charge in [-0.05, 0) is 55.7 Å². The third kappa shape index (κ3) is 6.43. The number of methoxy groups -OCH3 is 1. The molecule has 1 atom stereocenters. The number of rotatable bonds is 13. The normalized spacial score (nSPS) is 14.0. The first-order valence-electron chi connectivity index (χ1n) is 12.0. The van der Waals surface area contributed by atoms with Crippen molar-refractivity contribution in [1.82, 2.24) is 14.7 Å². The van der Waals surface area contributed by atoms with Crippen molar-refractivity contribution in [2.45, 2.75) is 44.9 Å². The van der Waals surface area contributed by atoms with E-state index in [1.165, 1.54) is 0 Å². The zero-order valence-corrected chi connectivity index (χ0v) is 20.4. The van der Waals surface area contributed by atoms with Gasteiger partial charge in [-0.25, -0.2) is 4.68 Å². The van der Waals surface area contributed by atoms with Crippen LogP contribution in [0.15, 0.2) is 54.6 Å². The van der Waals surface area contributed by atoms with E-state index in [4.69, 9.17) is 25.7 Å². The van der Waals surface area contributed by atoms with Crippen molar-refractivity contribution in [3.8, 4) is 35.4 Å². The van der Waals surface area contributed by atoms with Crippen LogP contribution in [0.25, 0.3) is 5.69 Å². The van der Waals surface area contributed by atoms with E-state index in [0.717, 1.165) is 42.0 Å². The maximum Gasteiger partial charge on any atom is 0.227 e. The number of benzene rings is 2. The minimum atomic E-state index is -0.621. The SMILES string of the molecule is C#CCOC[C@@H](O)CN(Cc1c(CC)nn(-c2ccccc2)c1Oc1ccc(OC)cc1)C1CC1. The van der Waals surface area contributed by atoms with Crippen LogP contribution in [0.5, 0.6) is 17.4 Å². The van der Waals surface area contributed by atoms with Crippen LogP contribution in [0.1, 0.15) is 31.0 Å². The van der Waals surface area contributed by atoms with Crippen LogP contribution in [-0.4, -0.2) is 58.8 Å². The highest BCUT2D eigenvalue weighted by molar-refractivity contribution is 5.44. The average molecular weight is 476 g/mol. The summed E-state index contributed by atoms with van der Waals surface area (Å²) in [5.41, 5.74) is 2.93. The second kappa shape index (κ2) is 11.9. The summed E-state index contributed by atoms with van der Waals surface area (Å²) in [5.74, 6) is 4.59. The molecule has 3 aromatic rings. The van der Waals surface area contributed by atoms with Gasteiger partial charge in [-0.3, -0.25) is 4.90 Å². The van der Waals surface area contributed by atoms with Crippen molar-refractivity contribution in [1.29, 1.82) is 0 Å². The first kappa shape index (κ1) is 24.8. The quantitative estimate of drug-likeness (QED) is 0.295. The predicted molar refractivity (Wildman–Crippen MR) is 135 cm³/mol. The monoisotopic (exact) mass is 475 g/mol.